The predicted molar refractivity (Wildman–Crippen MR) is 68.2 cm³/mol. The van der Waals surface area contributed by atoms with Crippen LogP contribution < -0.4 is 10.1 Å². The Balaban J connectivity index is 2.02. The maximum atomic E-state index is 11.9. The molecular weight excluding hydrogens is 300 g/mol. The van der Waals surface area contributed by atoms with E-state index in [1.165, 1.54) is 6.33 Å². The third-order valence-electron chi connectivity index (χ3n) is 2.30. The predicted octanol–water partition coefficient (Wildman–Crippen LogP) is 1.51. The fourth-order valence-electron chi connectivity index (χ4n) is 1.39. The van der Waals surface area contributed by atoms with Crippen molar-refractivity contribution in [1.29, 1.82) is 0 Å². The van der Waals surface area contributed by atoms with E-state index in [9.17, 15) is 4.79 Å². The normalized spacial score (nSPS) is 10.1. The number of aromatic amines is 1. The van der Waals surface area contributed by atoms with Crippen LogP contribution in [0.3, 0.4) is 0 Å². The van der Waals surface area contributed by atoms with E-state index in [1.54, 1.807) is 25.3 Å². The third kappa shape index (κ3) is 2.86. The number of nitrogens with zero attached hydrogens (tertiary/aromatic N) is 2. The van der Waals surface area contributed by atoms with Gasteiger partial charge in [0.25, 0.3) is 5.91 Å². The van der Waals surface area contributed by atoms with Crippen molar-refractivity contribution in [2.45, 2.75) is 6.54 Å². The molecule has 94 valence electrons. The van der Waals surface area contributed by atoms with E-state index >= 15 is 0 Å². The van der Waals surface area contributed by atoms with Gasteiger partial charge in [0.15, 0.2) is 0 Å². The summed E-state index contributed by atoms with van der Waals surface area (Å²) in [6, 6.07) is 5.13. The SMILES string of the molecule is COc1ccc(C(=O)NCc2ncn[nH]2)cc1Br. The number of ether oxygens (including phenoxy) is 1. The number of hydrogen-bond donors (Lipinski definition) is 2. The average molecular weight is 311 g/mol. The molecule has 0 spiro atoms. The Hall–Kier alpha value is -1.89. The summed E-state index contributed by atoms with van der Waals surface area (Å²) in [5.74, 6) is 1.10. The highest BCUT2D eigenvalue weighted by molar-refractivity contribution is 9.10. The molecule has 2 N–H and O–H groups in total. The molecule has 18 heavy (non-hydrogen) atoms. The minimum absolute atomic E-state index is 0.185. The average Bonchev–Trinajstić information content (AvgIpc) is 2.89. The molecule has 0 saturated carbocycles. The lowest BCUT2D eigenvalue weighted by atomic mass is 10.2. The summed E-state index contributed by atoms with van der Waals surface area (Å²) in [6.45, 7) is 0.308. The molecule has 2 rings (SSSR count). The van der Waals surface area contributed by atoms with Gasteiger partial charge in [-0.3, -0.25) is 9.89 Å². The van der Waals surface area contributed by atoms with Crippen LogP contribution >= 0.6 is 15.9 Å². The number of halogens is 1. The summed E-state index contributed by atoms with van der Waals surface area (Å²) < 4.78 is 5.83. The maximum absolute atomic E-state index is 11.9. The lowest BCUT2D eigenvalue weighted by molar-refractivity contribution is 0.0950. The van der Waals surface area contributed by atoms with Gasteiger partial charge in [0.2, 0.25) is 0 Å². The van der Waals surface area contributed by atoms with Gasteiger partial charge in [-0.15, -0.1) is 0 Å². The van der Waals surface area contributed by atoms with E-state index < -0.39 is 0 Å². The first-order valence-electron chi connectivity index (χ1n) is 5.16. The first-order chi connectivity index (χ1) is 8.70. The standard InChI is InChI=1S/C11H11BrN4O2/c1-18-9-3-2-7(4-8(9)12)11(17)13-5-10-14-6-15-16-10/h2-4,6H,5H2,1H3,(H,13,17)(H,14,15,16). The Morgan fingerprint density at radius 1 is 1.56 bits per heavy atom. The number of H-pyrrole nitrogens is 1. The summed E-state index contributed by atoms with van der Waals surface area (Å²) in [5.41, 5.74) is 0.544. The number of nitrogens with one attached hydrogen (secondary N) is 2. The van der Waals surface area contributed by atoms with Crippen LogP contribution in [0.15, 0.2) is 29.0 Å². The monoisotopic (exact) mass is 310 g/mol. The third-order valence-corrected chi connectivity index (χ3v) is 2.91. The van der Waals surface area contributed by atoms with Crippen LogP contribution in [0.1, 0.15) is 16.2 Å². The molecule has 7 heteroatoms. The van der Waals surface area contributed by atoms with E-state index in [2.05, 4.69) is 36.4 Å². The molecule has 0 aliphatic heterocycles. The van der Waals surface area contributed by atoms with Crippen LogP contribution in [0.5, 0.6) is 5.75 Å². The van der Waals surface area contributed by atoms with Crippen LogP contribution in [0, 0.1) is 0 Å². The van der Waals surface area contributed by atoms with Gasteiger partial charge in [0.05, 0.1) is 18.1 Å². The topological polar surface area (TPSA) is 79.9 Å². The second-order valence-corrected chi connectivity index (χ2v) is 4.32. The molecule has 0 saturated heterocycles. The molecule has 0 bridgehead atoms. The molecule has 0 unspecified atom stereocenters. The first-order valence-corrected chi connectivity index (χ1v) is 5.96. The van der Waals surface area contributed by atoms with Gasteiger partial charge < -0.3 is 10.1 Å². The van der Waals surface area contributed by atoms with Crippen molar-refractivity contribution in [1.82, 2.24) is 20.5 Å². The van der Waals surface area contributed by atoms with Crippen molar-refractivity contribution < 1.29 is 9.53 Å². The van der Waals surface area contributed by atoms with Crippen molar-refractivity contribution in [3.05, 3.63) is 40.4 Å². The van der Waals surface area contributed by atoms with Gasteiger partial charge in [-0.2, -0.15) is 5.10 Å². The molecule has 0 radical (unpaired) electrons. The highest BCUT2D eigenvalue weighted by atomic mass is 79.9. The van der Waals surface area contributed by atoms with Crippen molar-refractivity contribution in [2.24, 2.45) is 0 Å². The second kappa shape index (κ2) is 5.63. The van der Waals surface area contributed by atoms with Crippen molar-refractivity contribution >= 4 is 21.8 Å². The second-order valence-electron chi connectivity index (χ2n) is 3.46. The minimum atomic E-state index is -0.185. The lowest BCUT2D eigenvalue weighted by Gasteiger charge is -2.06. The maximum Gasteiger partial charge on any atom is 0.251 e. The molecule has 1 amide bonds. The minimum Gasteiger partial charge on any atom is -0.496 e. The number of carbonyl (C=O) groups is 1. The number of amides is 1. The van der Waals surface area contributed by atoms with Gasteiger partial charge >= 0.3 is 0 Å². The van der Waals surface area contributed by atoms with Crippen LogP contribution in [-0.4, -0.2) is 28.2 Å². The molecule has 1 aromatic carbocycles. The summed E-state index contributed by atoms with van der Waals surface area (Å²) in [7, 11) is 1.57. The summed E-state index contributed by atoms with van der Waals surface area (Å²) in [6.07, 6.45) is 1.39. The summed E-state index contributed by atoms with van der Waals surface area (Å²) in [4.78, 5) is 15.8. The molecule has 1 heterocycles. The van der Waals surface area contributed by atoms with Crippen molar-refractivity contribution in [3.8, 4) is 5.75 Å². The molecule has 0 aliphatic rings. The highest BCUT2D eigenvalue weighted by Gasteiger charge is 2.09. The number of hydrogen-bond acceptors (Lipinski definition) is 4. The Morgan fingerprint density at radius 3 is 3.00 bits per heavy atom. The van der Waals surface area contributed by atoms with Crippen molar-refractivity contribution in [2.75, 3.05) is 7.11 Å². The fourth-order valence-corrected chi connectivity index (χ4v) is 1.93. The number of rotatable bonds is 4. The van der Waals surface area contributed by atoms with Gasteiger partial charge in [0, 0.05) is 5.56 Å². The van der Waals surface area contributed by atoms with Gasteiger partial charge in [-0.1, -0.05) is 0 Å². The zero-order chi connectivity index (χ0) is 13.0. The van der Waals surface area contributed by atoms with Crippen LogP contribution in [0.2, 0.25) is 0 Å². The summed E-state index contributed by atoms with van der Waals surface area (Å²) in [5, 5.41) is 9.10. The highest BCUT2D eigenvalue weighted by Crippen LogP contribution is 2.25. The molecule has 0 atom stereocenters. The van der Waals surface area contributed by atoms with Crippen LogP contribution in [0.4, 0.5) is 0 Å². The van der Waals surface area contributed by atoms with E-state index in [1.807, 2.05) is 0 Å². The smallest absolute Gasteiger partial charge is 0.251 e. The zero-order valence-corrected chi connectivity index (χ0v) is 11.2. The molecular formula is C11H11BrN4O2. The molecule has 1 aromatic heterocycles. The molecule has 0 fully saturated rings. The zero-order valence-electron chi connectivity index (χ0n) is 9.61. The van der Waals surface area contributed by atoms with Crippen LogP contribution in [0.25, 0.3) is 0 Å². The van der Waals surface area contributed by atoms with E-state index in [0.29, 0.717) is 23.7 Å². The van der Waals surface area contributed by atoms with E-state index in [4.69, 9.17) is 4.74 Å². The van der Waals surface area contributed by atoms with Crippen LogP contribution in [-0.2, 0) is 6.54 Å². The molecule has 2 aromatic rings. The van der Waals surface area contributed by atoms with E-state index in [0.717, 1.165) is 4.47 Å². The molecule has 0 aliphatic carbocycles. The first kappa shape index (κ1) is 12.6. The summed E-state index contributed by atoms with van der Waals surface area (Å²) >= 11 is 3.33. The van der Waals surface area contributed by atoms with Crippen molar-refractivity contribution in [3.63, 3.8) is 0 Å². The lowest BCUT2D eigenvalue weighted by Crippen LogP contribution is -2.23. The number of aromatic nitrogens is 3. The Labute approximate surface area is 112 Å². The van der Waals surface area contributed by atoms with Gasteiger partial charge in [0.1, 0.15) is 17.9 Å². The van der Waals surface area contributed by atoms with Gasteiger partial charge in [-0.25, -0.2) is 4.98 Å². The largest absolute Gasteiger partial charge is 0.496 e. The van der Waals surface area contributed by atoms with E-state index in [-0.39, 0.29) is 5.91 Å². The Morgan fingerprint density at radius 2 is 2.39 bits per heavy atom. The van der Waals surface area contributed by atoms with Gasteiger partial charge in [-0.05, 0) is 34.1 Å². The fraction of sp³-hybridized carbons (Fsp3) is 0.182. The number of methoxy groups -OCH3 is 1. The Bertz CT molecular complexity index is 542. The Kier molecular flexibility index (Phi) is 3.93. The number of carbonyl (C=O) groups excluding carboxylic acids is 1. The number of benzene rings is 1. The quantitative estimate of drug-likeness (QED) is 0.897. The molecule has 6 nitrogen and oxygen atoms in total.